The first kappa shape index (κ1) is 13.3. The molecule has 3 nitrogen and oxygen atoms in total. The Morgan fingerprint density at radius 2 is 2.06 bits per heavy atom. The minimum Gasteiger partial charge on any atom is -0.339 e. The lowest BCUT2D eigenvalue weighted by Gasteiger charge is -2.36. The zero-order valence-electron chi connectivity index (χ0n) is 9.09. The number of halogens is 3. The molecule has 1 aliphatic rings. The molecule has 1 atom stereocenters. The van der Waals surface area contributed by atoms with E-state index in [0.29, 0.717) is 19.5 Å². The maximum atomic E-state index is 12.1. The lowest BCUT2D eigenvalue weighted by atomic mass is 9.99. The van der Waals surface area contributed by atoms with Crippen molar-refractivity contribution in [3.05, 3.63) is 0 Å². The van der Waals surface area contributed by atoms with Crippen molar-refractivity contribution in [3.8, 4) is 0 Å². The summed E-state index contributed by atoms with van der Waals surface area (Å²) in [7, 11) is 0. The summed E-state index contributed by atoms with van der Waals surface area (Å²) in [4.78, 5) is 12.8. The van der Waals surface area contributed by atoms with Crippen LogP contribution in [0.15, 0.2) is 0 Å². The molecular weight excluding hydrogens is 221 g/mol. The molecule has 1 rings (SSSR count). The maximum Gasteiger partial charge on any atom is 0.397 e. The van der Waals surface area contributed by atoms with Crippen molar-refractivity contribution in [2.45, 2.75) is 44.3 Å². The Labute approximate surface area is 92.8 Å². The third-order valence-corrected chi connectivity index (χ3v) is 2.80. The van der Waals surface area contributed by atoms with Crippen LogP contribution in [0.1, 0.15) is 32.1 Å². The molecule has 16 heavy (non-hydrogen) atoms. The first-order valence-corrected chi connectivity index (χ1v) is 5.50. The SMILES string of the molecule is NCCC1CCCCN1C(=O)CC(F)(F)F. The zero-order chi connectivity index (χ0) is 12.2. The minimum absolute atomic E-state index is 0.103. The first-order chi connectivity index (χ1) is 7.44. The van der Waals surface area contributed by atoms with E-state index in [9.17, 15) is 18.0 Å². The minimum atomic E-state index is -4.41. The number of alkyl halides is 3. The second-order valence-corrected chi connectivity index (χ2v) is 4.11. The molecule has 1 fully saturated rings. The number of likely N-dealkylation sites (tertiary alicyclic amines) is 1. The van der Waals surface area contributed by atoms with Crippen LogP contribution < -0.4 is 5.73 Å². The van der Waals surface area contributed by atoms with Crippen molar-refractivity contribution in [3.63, 3.8) is 0 Å². The number of carbonyl (C=O) groups is 1. The van der Waals surface area contributed by atoms with Gasteiger partial charge >= 0.3 is 6.18 Å². The van der Waals surface area contributed by atoms with Crippen molar-refractivity contribution in [1.82, 2.24) is 4.90 Å². The van der Waals surface area contributed by atoms with Crippen LogP contribution >= 0.6 is 0 Å². The molecule has 6 heteroatoms. The van der Waals surface area contributed by atoms with Crippen LogP contribution in [-0.2, 0) is 4.79 Å². The Hall–Kier alpha value is -0.780. The molecule has 0 saturated carbocycles. The highest BCUT2D eigenvalue weighted by Gasteiger charge is 2.36. The number of amides is 1. The molecule has 2 N–H and O–H groups in total. The molecule has 0 bridgehead atoms. The van der Waals surface area contributed by atoms with E-state index in [1.807, 2.05) is 0 Å². The molecule has 0 aliphatic carbocycles. The van der Waals surface area contributed by atoms with Gasteiger partial charge in [0, 0.05) is 12.6 Å². The van der Waals surface area contributed by atoms with Gasteiger partial charge in [0.2, 0.25) is 5.91 Å². The molecule has 0 aromatic rings. The lowest BCUT2D eigenvalue weighted by Crippen LogP contribution is -2.45. The fraction of sp³-hybridized carbons (Fsp3) is 0.900. The van der Waals surface area contributed by atoms with Crippen LogP contribution in [0, 0.1) is 0 Å². The van der Waals surface area contributed by atoms with Crippen LogP contribution in [-0.4, -0.2) is 36.1 Å². The van der Waals surface area contributed by atoms with Crippen molar-refractivity contribution in [2.24, 2.45) is 5.73 Å². The Morgan fingerprint density at radius 1 is 1.38 bits per heavy atom. The van der Waals surface area contributed by atoms with Crippen LogP contribution in [0.25, 0.3) is 0 Å². The average molecular weight is 238 g/mol. The largest absolute Gasteiger partial charge is 0.397 e. The highest BCUT2D eigenvalue weighted by atomic mass is 19.4. The summed E-state index contributed by atoms with van der Waals surface area (Å²) >= 11 is 0. The van der Waals surface area contributed by atoms with Crippen molar-refractivity contribution < 1.29 is 18.0 Å². The smallest absolute Gasteiger partial charge is 0.339 e. The van der Waals surface area contributed by atoms with Gasteiger partial charge in [0.15, 0.2) is 0 Å². The summed E-state index contributed by atoms with van der Waals surface area (Å²) in [5.41, 5.74) is 5.39. The maximum absolute atomic E-state index is 12.1. The Balaban J connectivity index is 2.57. The molecule has 0 radical (unpaired) electrons. The summed E-state index contributed by atoms with van der Waals surface area (Å²) in [6, 6.07) is -0.103. The van der Waals surface area contributed by atoms with Gasteiger partial charge in [0.25, 0.3) is 0 Å². The fourth-order valence-electron chi connectivity index (χ4n) is 2.09. The van der Waals surface area contributed by atoms with E-state index in [1.54, 1.807) is 0 Å². The molecular formula is C10H17F3N2O. The molecule has 94 valence electrons. The van der Waals surface area contributed by atoms with E-state index < -0.39 is 18.5 Å². The van der Waals surface area contributed by atoms with Gasteiger partial charge in [-0.05, 0) is 32.2 Å². The van der Waals surface area contributed by atoms with E-state index >= 15 is 0 Å². The summed E-state index contributed by atoms with van der Waals surface area (Å²) in [5.74, 6) is -0.814. The molecule has 1 heterocycles. The van der Waals surface area contributed by atoms with Crippen LogP contribution in [0.4, 0.5) is 13.2 Å². The van der Waals surface area contributed by atoms with E-state index in [2.05, 4.69) is 0 Å². The predicted molar refractivity (Wildman–Crippen MR) is 53.7 cm³/mol. The monoisotopic (exact) mass is 238 g/mol. The molecule has 1 aliphatic heterocycles. The van der Waals surface area contributed by atoms with E-state index in [4.69, 9.17) is 5.73 Å². The Kier molecular flexibility index (Phi) is 4.58. The van der Waals surface area contributed by atoms with Crippen molar-refractivity contribution in [2.75, 3.05) is 13.1 Å². The summed E-state index contributed by atoms with van der Waals surface area (Å²) in [6.07, 6.45) is -2.68. The molecule has 1 unspecified atom stereocenters. The average Bonchev–Trinajstić information content (AvgIpc) is 2.16. The van der Waals surface area contributed by atoms with Crippen LogP contribution in [0.3, 0.4) is 0 Å². The van der Waals surface area contributed by atoms with Gasteiger partial charge in [-0.25, -0.2) is 0 Å². The molecule has 0 aromatic carbocycles. The summed E-state index contributed by atoms with van der Waals surface area (Å²) in [5, 5.41) is 0. The third-order valence-electron chi connectivity index (χ3n) is 2.80. The fourth-order valence-corrected chi connectivity index (χ4v) is 2.09. The number of nitrogens with two attached hydrogens (primary N) is 1. The van der Waals surface area contributed by atoms with Gasteiger partial charge in [-0.3, -0.25) is 4.79 Å². The lowest BCUT2D eigenvalue weighted by molar-refractivity contribution is -0.164. The molecule has 1 saturated heterocycles. The number of rotatable bonds is 3. The molecule has 0 aromatic heterocycles. The van der Waals surface area contributed by atoms with E-state index in [1.165, 1.54) is 4.90 Å². The highest BCUT2D eigenvalue weighted by Crippen LogP contribution is 2.25. The third kappa shape index (κ3) is 4.00. The van der Waals surface area contributed by atoms with Crippen molar-refractivity contribution in [1.29, 1.82) is 0 Å². The standard InChI is InChI=1S/C10H17F3N2O/c11-10(12,13)7-9(16)15-6-2-1-3-8(15)4-5-14/h8H,1-7,14H2. The van der Waals surface area contributed by atoms with Gasteiger partial charge in [-0.1, -0.05) is 0 Å². The van der Waals surface area contributed by atoms with E-state index in [-0.39, 0.29) is 6.04 Å². The zero-order valence-corrected chi connectivity index (χ0v) is 9.09. The van der Waals surface area contributed by atoms with Gasteiger partial charge in [-0.2, -0.15) is 13.2 Å². The molecule has 1 amide bonds. The number of hydrogen-bond donors (Lipinski definition) is 1. The molecule has 0 spiro atoms. The summed E-state index contributed by atoms with van der Waals surface area (Å²) in [6.45, 7) is 0.833. The van der Waals surface area contributed by atoms with Crippen molar-refractivity contribution >= 4 is 5.91 Å². The first-order valence-electron chi connectivity index (χ1n) is 5.50. The number of nitrogens with zero attached hydrogens (tertiary/aromatic N) is 1. The highest BCUT2D eigenvalue weighted by molar-refractivity contribution is 5.77. The Bertz CT molecular complexity index is 241. The van der Waals surface area contributed by atoms with E-state index in [0.717, 1.165) is 19.3 Å². The van der Waals surface area contributed by atoms with Gasteiger partial charge < -0.3 is 10.6 Å². The topological polar surface area (TPSA) is 46.3 Å². The number of piperidine rings is 1. The second-order valence-electron chi connectivity index (χ2n) is 4.11. The number of hydrogen-bond acceptors (Lipinski definition) is 2. The predicted octanol–water partition coefficient (Wildman–Crippen LogP) is 1.67. The quantitative estimate of drug-likeness (QED) is 0.813. The van der Waals surface area contributed by atoms with Gasteiger partial charge in [0.05, 0.1) is 0 Å². The van der Waals surface area contributed by atoms with Crippen LogP contribution in [0.5, 0.6) is 0 Å². The van der Waals surface area contributed by atoms with Gasteiger partial charge in [-0.15, -0.1) is 0 Å². The number of carbonyl (C=O) groups excluding carboxylic acids is 1. The van der Waals surface area contributed by atoms with Crippen LogP contribution in [0.2, 0.25) is 0 Å². The second kappa shape index (κ2) is 5.52. The summed E-state index contributed by atoms with van der Waals surface area (Å²) < 4.78 is 36.3. The Morgan fingerprint density at radius 3 is 2.62 bits per heavy atom. The normalized spacial score (nSPS) is 22.2. The van der Waals surface area contributed by atoms with Gasteiger partial charge in [0.1, 0.15) is 6.42 Å².